The second-order valence-electron chi connectivity index (χ2n) is 4.67. The van der Waals surface area contributed by atoms with Crippen molar-refractivity contribution in [1.82, 2.24) is 9.97 Å². The molecule has 0 bridgehead atoms. The summed E-state index contributed by atoms with van der Waals surface area (Å²) in [5.74, 6) is -0.723. The summed E-state index contributed by atoms with van der Waals surface area (Å²) in [6.07, 6.45) is 2.30. The molecule has 19 heavy (non-hydrogen) atoms. The SMILES string of the molecule is O=C(O)C1CCC(Nc2ncc(C(F)F)cn2)CC1. The van der Waals surface area contributed by atoms with Crippen LogP contribution in [0.5, 0.6) is 0 Å². The molecule has 0 radical (unpaired) electrons. The summed E-state index contributed by atoms with van der Waals surface area (Å²) in [6.45, 7) is 0. The molecule has 2 rings (SSSR count). The van der Waals surface area contributed by atoms with E-state index < -0.39 is 12.4 Å². The highest BCUT2D eigenvalue weighted by molar-refractivity contribution is 5.70. The zero-order valence-corrected chi connectivity index (χ0v) is 10.2. The van der Waals surface area contributed by atoms with Crippen LogP contribution in [0.25, 0.3) is 0 Å². The fraction of sp³-hybridized carbons (Fsp3) is 0.583. The zero-order valence-electron chi connectivity index (χ0n) is 10.2. The predicted molar refractivity (Wildman–Crippen MR) is 64.0 cm³/mol. The number of nitrogens with one attached hydrogen (secondary N) is 1. The van der Waals surface area contributed by atoms with Gasteiger partial charge in [-0.05, 0) is 25.7 Å². The highest BCUT2D eigenvalue weighted by atomic mass is 19.3. The molecule has 1 fully saturated rings. The van der Waals surface area contributed by atoms with E-state index in [4.69, 9.17) is 5.11 Å². The molecule has 0 unspecified atom stereocenters. The number of rotatable bonds is 4. The van der Waals surface area contributed by atoms with E-state index in [1.54, 1.807) is 0 Å². The highest BCUT2D eigenvalue weighted by Crippen LogP contribution is 2.26. The number of carboxylic acids is 1. The first-order chi connectivity index (χ1) is 9.06. The number of anilines is 1. The topological polar surface area (TPSA) is 75.1 Å². The second kappa shape index (κ2) is 5.90. The smallest absolute Gasteiger partial charge is 0.306 e. The Morgan fingerprint density at radius 2 is 1.84 bits per heavy atom. The molecule has 7 heteroatoms. The minimum absolute atomic E-state index is 0.105. The molecule has 104 valence electrons. The van der Waals surface area contributed by atoms with Gasteiger partial charge in [0, 0.05) is 18.4 Å². The number of halogens is 2. The van der Waals surface area contributed by atoms with E-state index in [1.807, 2.05) is 0 Å². The molecule has 0 atom stereocenters. The number of carbonyl (C=O) groups is 1. The molecule has 1 saturated carbocycles. The third kappa shape index (κ3) is 3.59. The largest absolute Gasteiger partial charge is 0.481 e. The maximum Gasteiger partial charge on any atom is 0.306 e. The molecule has 0 aromatic carbocycles. The van der Waals surface area contributed by atoms with E-state index in [0.29, 0.717) is 18.8 Å². The third-order valence-corrected chi connectivity index (χ3v) is 3.33. The first-order valence-electron chi connectivity index (χ1n) is 6.15. The number of hydrogen-bond donors (Lipinski definition) is 2. The van der Waals surface area contributed by atoms with Crippen molar-refractivity contribution in [3.63, 3.8) is 0 Å². The van der Waals surface area contributed by atoms with Crippen molar-refractivity contribution < 1.29 is 18.7 Å². The van der Waals surface area contributed by atoms with Gasteiger partial charge >= 0.3 is 5.97 Å². The summed E-state index contributed by atoms with van der Waals surface area (Å²) in [5, 5.41) is 11.9. The fourth-order valence-electron chi connectivity index (χ4n) is 2.19. The van der Waals surface area contributed by atoms with Crippen LogP contribution in [0.2, 0.25) is 0 Å². The van der Waals surface area contributed by atoms with Crippen LogP contribution in [-0.2, 0) is 4.79 Å². The van der Waals surface area contributed by atoms with E-state index in [9.17, 15) is 13.6 Å². The maximum absolute atomic E-state index is 12.3. The van der Waals surface area contributed by atoms with Crippen molar-refractivity contribution in [1.29, 1.82) is 0 Å². The first kappa shape index (κ1) is 13.6. The molecule has 1 aromatic heterocycles. The third-order valence-electron chi connectivity index (χ3n) is 3.33. The average molecular weight is 271 g/mol. The standard InChI is InChI=1S/C12H15F2N3O2/c13-10(14)8-5-15-12(16-6-8)17-9-3-1-7(2-4-9)11(18)19/h5-7,9-10H,1-4H2,(H,18,19)(H,15,16,17). The average Bonchev–Trinajstić information content (AvgIpc) is 2.40. The molecule has 1 aliphatic rings. The molecule has 1 aliphatic carbocycles. The van der Waals surface area contributed by atoms with Gasteiger partial charge in [-0.25, -0.2) is 18.7 Å². The molecule has 0 amide bonds. The number of carboxylic acid groups (broad SMARTS) is 1. The Kier molecular flexibility index (Phi) is 4.24. The summed E-state index contributed by atoms with van der Waals surface area (Å²) < 4.78 is 24.6. The van der Waals surface area contributed by atoms with Crippen molar-refractivity contribution in [2.45, 2.75) is 38.2 Å². The molecular weight excluding hydrogens is 256 g/mol. The Bertz CT molecular complexity index is 431. The quantitative estimate of drug-likeness (QED) is 0.879. The number of alkyl halides is 2. The minimum atomic E-state index is -2.57. The van der Waals surface area contributed by atoms with E-state index in [-0.39, 0.29) is 17.5 Å². The van der Waals surface area contributed by atoms with E-state index >= 15 is 0 Å². The van der Waals surface area contributed by atoms with Crippen molar-refractivity contribution in [3.8, 4) is 0 Å². The van der Waals surface area contributed by atoms with Gasteiger partial charge in [0.1, 0.15) is 0 Å². The van der Waals surface area contributed by atoms with Gasteiger partial charge < -0.3 is 10.4 Å². The Morgan fingerprint density at radius 3 is 2.32 bits per heavy atom. The van der Waals surface area contributed by atoms with Crippen LogP contribution >= 0.6 is 0 Å². The number of aromatic nitrogens is 2. The molecule has 5 nitrogen and oxygen atoms in total. The highest BCUT2D eigenvalue weighted by Gasteiger charge is 2.26. The van der Waals surface area contributed by atoms with E-state index in [0.717, 1.165) is 25.2 Å². The van der Waals surface area contributed by atoms with Gasteiger partial charge in [-0.15, -0.1) is 0 Å². The molecule has 1 heterocycles. The second-order valence-corrected chi connectivity index (χ2v) is 4.67. The van der Waals surface area contributed by atoms with Gasteiger partial charge in [-0.2, -0.15) is 0 Å². The lowest BCUT2D eigenvalue weighted by molar-refractivity contribution is -0.142. The molecule has 0 saturated heterocycles. The van der Waals surface area contributed by atoms with E-state index in [2.05, 4.69) is 15.3 Å². The molecule has 1 aromatic rings. The van der Waals surface area contributed by atoms with Gasteiger partial charge in [0.15, 0.2) is 0 Å². The summed E-state index contributed by atoms with van der Waals surface area (Å²) >= 11 is 0. The van der Waals surface area contributed by atoms with Crippen molar-refractivity contribution >= 4 is 11.9 Å². The van der Waals surface area contributed by atoms with Crippen LogP contribution in [0.3, 0.4) is 0 Å². The molecule has 2 N–H and O–H groups in total. The normalized spacial score (nSPS) is 23.3. The maximum atomic E-state index is 12.3. The van der Waals surface area contributed by atoms with Gasteiger partial charge in [0.2, 0.25) is 5.95 Å². The van der Waals surface area contributed by atoms with Gasteiger partial charge in [-0.1, -0.05) is 0 Å². The van der Waals surface area contributed by atoms with Crippen LogP contribution in [0.15, 0.2) is 12.4 Å². The molecular formula is C12H15F2N3O2. The van der Waals surface area contributed by atoms with Crippen molar-refractivity contribution in [3.05, 3.63) is 18.0 Å². The van der Waals surface area contributed by atoms with Crippen LogP contribution in [-0.4, -0.2) is 27.1 Å². The fourth-order valence-corrected chi connectivity index (χ4v) is 2.19. The lowest BCUT2D eigenvalue weighted by Crippen LogP contribution is -2.29. The summed E-state index contributed by atoms with van der Waals surface area (Å²) in [4.78, 5) is 18.5. The Labute approximate surface area is 109 Å². The van der Waals surface area contributed by atoms with Crippen molar-refractivity contribution in [2.75, 3.05) is 5.32 Å². The monoisotopic (exact) mass is 271 g/mol. The van der Waals surface area contributed by atoms with Crippen LogP contribution in [0.1, 0.15) is 37.7 Å². The molecule has 0 aliphatic heterocycles. The zero-order chi connectivity index (χ0) is 13.8. The summed E-state index contributed by atoms with van der Waals surface area (Å²) in [7, 11) is 0. The van der Waals surface area contributed by atoms with Crippen molar-refractivity contribution in [2.24, 2.45) is 5.92 Å². The Balaban J connectivity index is 1.87. The lowest BCUT2D eigenvalue weighted by atomic mass is 9.86. The number of hydrogen-bond acceptors (Lipinski definition) is 4. The minimum Gasteiger partial charge on any atom is -0.481 e. The van der Waals surface area contributed by atoms with Gasteiger partial charge in [0.25, 0.3) is 6.43 Å². The number of aliphatic carboxylic acids is 1. The summed E-state index contributed by atoms with van der Waals surface area (Å²) in [6, 6.07) is 0.105. The van der Waals surface area contributed by atoms with E-state index in [1.165, 1.54) is 0 Å². The Hall–Kier alpha value is -1.79. The van der Waals surface area contributed by atoms with Crippen LogP contribution in [0, 0.1) is 5.92 Å². The van der Waals surface area contributed by atoms with Gasteiger partial charge in [-0.3, -0.25) is 4.79 Å². The predicted octanol–water partition coefficient (Wildman–Crippen LogP) is 2.47. The first-order valence-corrected chi connectivity index (χ1v) is 6.15. The lowest BCUT2D eigenvalue weighted by Gasteiger charge is -2.26. The van der Waals surface area contributed by atoms with Crippen LogP contribution < -0.4 is 5.32 Å². The summed E-state index contributed by atoms with van der Waals surface area (Å²) in [5.41, 5.74) is -0.208. The van der Waals surface area contributed by atoms with Crippen LogP contribution in [0.4, 0.5) is 14.7 Å². The number of nitrogens with zero attached hydrogens (tertiary/aromatic N) is 2. The Morgan fingerprint density at radius 1 is 1.26 bits per heavy atom. The van der Waals surface area contributed by atoms with Gasteiger partial charge in [0.05, 0.1) is 11.5 Å². The molecule has 0 spiro atoms.